The van der Waals surface area contributed by atoms with Gasteiger partial charge in [-0.05, 0) is 37.6 Å². The molecule has 0 aliphatic heterocycles. The third-order valence-electron chi connectivity index (χ3n) is 3.87. The van der Waals surface area contributed by atoms with Crippen LogP contribution in [-0.2, 0) is 16.1 Å². The van der Waals surface area contributed by atoms with Crippen LogP contribution in [0.3, 0.4) is 0 Å². The molecule has 0 saturated heterocycles. The first kappa shape index (κ1) is 20.0. The number of benzene rings is 1. The average Bonchev–Trinajstić information content (AvgIpc) is 2.99. The number of esters is 1. The van der Waals surface area contributed by atoms with Crippen LogP contribution < -0.4 is 10.6 Å². The topological polar surface area (TPSA) is 101 Å². The molecule has 8 heteroatoms. The van der Waals surface area contributed by atoms with E-state index in [1.165, 1.54) is 12.0 Å². The zero-order valence-electron chi connectivity index (χ0n) is 15.8. The van der Waals surface area contributed by atoms with Gasteiger partial charge in [-0.2, -0.15) is 0 Å². The van der Waals surface area contributed by atoms with Crippen LogP contribution in [0.4, 0.5) is 10.5 Å². The molecule has 144 valence electrons. The zero-order valence-corrected chi connectivity index (χ0v) is 15.8. The maximum absolute atomic E-state index is 12.2. The third-order valence-corrected chi connectivity index (χ3v) is 3.87. The van der Waals surface area contributed by atoms with E-state index >= 15 is 0 Å². The van der Waals surface area contributed by atoms with Crippen molar-refractivity contribution in [2.24, 2.45) is 0 Å². The fourth-order valence-corrected chi connectivity index (χ4v) is 2.45. The molecule has 0 aliphatic rings. The van der Waals surface area contributed by atoms with Crippen LogP contribution in [0.15, 0.2) is 34.7 Å². The summed E-state index contributed by atoms with van der Waals surface area (Å²) in [6, 6.07) is 8.42. The number of rotatable bonds is 6. The number of hydrogen-bond donors (Lipinski definition) is 2. The monoisotopic (exact) mass is 373 g/mol. The lowest BCUT2D eigenvalue weighted by molar-refractivity contribution is -0.129. The van der Waals surface area contributed by atoms with Crippen molar-refractivity contribution in [3.8, 4) is 0 Å². The molecule has 1 heterocycles. The number of nitrogens with zero attached hydrogens (tertiary/aromatic N) is 1. The number of furan rings is 1. The number of aryl methyl sites for hydroxylation is 2. The molecular formula is C19H23N3O5. The van der Waals surface area contributed by atoms with Crippen molar-refractivity contribution in [1.29, 1.82) is 0 Å². The van der Waals surface area contributed by atoms with Gasteiger partial charge in [0.05, 0.1) is 20.2 Å². The van der Waals surface area contributed by atoms with E-state index in [1.807, 2.05) is 25.1 Å². The van der Waals surface area contributed by atoms with Gasteiger partial charge in [0, 0.05) is 12.7 Å². The van der Waals surface area contributed by atoms with Crippen molar-refractivity contribution < 1.29 is 23.5 Å². The number of nitrogens with one attached hydrogen (secondary N) is 2. The van der Waals surface area contributed by atoms with Crippen molar-refractivity contribution in [3.05, 3.63) is 53.0 Å². The highest BCUT2D eigenvalue weighted by Crippen LogP contribution is 2.17. The lowest BCUT2D eigenvalue weighted by Crippen LogP contribution is -2.39. The van der Waals surface area contributed by atoms with Crippen LogP contribution in [0, 0.1) is 13.8 Å². The van der Waals surface area contributed by atoms with E-state index in [0.29, 0.717) is 22.8 Å². The first-order valence-corrected chi connectivity index (χ1v) is 8.33. The van der Waals surface area contributed by atoms with Gasteiger partial charge in [-0.3, -0.25) is 4.79 Å². The SMILES string of the molecule is COC(=O)c1cc(CN(C)C(=O)CNC(=O)Nc2cccc(C)c2)oc1C. The Morgan fingerprint density at radius 1 is 1.19 bits per heavy atom. The van der Waals surface area contributed by atoms with Crippen molar-refractivity contribution in [2.75, 3.05) is 26.0 Å². The maximum Gasteiger partial charge on any atom is 0.341 e. The number of likely N-dealkylation sites (N-methyl/N-ethyl adjacent to an activating group) is 1. The molecule has 8 nitrogen and oxygen atoms in total. The number of methoxy groups -OCH3 is 1. The minimum absolute atomic E-state index is 0.165. The molecule has 0 aliphatic carbocycles. The van der Waals surface area contributed by atoms with Crippen LogP contribution in [0.1, 0.15) is 27.4 Å². The Bertz CT molecular complexity index is 844. The summed E-state index contributed by atoms with van der Waals surface area (Å²) in [6.45, 7) is 3.56. The van der Waals surface area contributed by atoms with Gasteiger partial charge in [0.1, 0.15) is 17.1 Å². The van der Waals surface area contributed by atoms with Gasteiger partial charge in [-0.1, -0.05) is 12.1 Å². The number of carbonyl (C=O) groups excluding carboxylic acids is 3. The first-order valence-electron chi connectivity index (χ1n) is 8.33. The molecule has 0 spiro atoms. The molecule has 1 aromatic carbocycles. The van der Waals surface area contributed by atoms with Gasteiger partial charge in [0.15, 0.2) is 0 Å². The summed E-state index contributed by atoms with van der Waals surface area (Å²) >= 11 is 0. The summed E-state index contributed by atoms with van der Waals surface area (Å²) in [5, 5.41) is 5.18. The number of anilines is 1. The van der Waals surface area contributed by atoms with Gasteiger partial charge in [0.25, 0.3) is 0 Å². The fourth-order valence-electron chi connectivity index (χ4n) is 2.45. The van der Waals surface area contributed by atoms with Crippen molar-refractivity contribution >= 4 is 23.6 Å². The second kappa shape index (κ2) is 8.88. The van der Waals surface area contributed by atoms with Crippen molar-refractivity contribution in [2.45, 2.75) is 20.4 Å². The van der Waals surface area contributed by atoms with Crippen LogP contribution in [-0.4, -0.2) is 43.5 Å². The van der Waals surface area contributed by atoms with E-state index in [4.69, 9.17) is 4.42 Å². The Balaban J connectivity index is 1.85. The molecular weight excluding hydrogens is 350 g/mol. The lowest BCUT2D eigenvalue weighted by Gasteiger charge is -2.16. The number of ether oxygens (including phenoxy) is 1. The second-order valence-electron chi connectivity index (χ2n) is 6.10. The summed E-state index contributed by atoms with van der Waals surface area (Å²) in [7, 11) is 2.87. The Morgan fingerprint density at radius 3 is 2.59 bits per heavy atom. The van der Waals surface area contributed by atoms with Gasteiger partial charge in [-0.25, -0.2) is 9.59 Å². The summed E-state index contributed by atoms with van der Waals surface area (Å²) in [5.74, 6) is 0.0790. The molecule has 0 radical (unpaired) electrons. The predicted molar refractivity (Wildman–Crippen MR) is 99.5 cm³/mol. The second-order valence-corrected chi connectivity index (χ2v) is 6.10. The predicted octanol–water partition coefficient (Wildman–Crippen LogP) is 2.46. The summed E-state index contributed by atoms with van der Waals surface area (Å²) in [6.07, 6.45) is 0. The number of urea groups is 1. The van der Waals surface area contributed by atoms with E-state index in [9.17, 15) is 14.4 Å². The van der Waals surface area contributed by atoms with Crippen molar-refractivity contribution in [3.63, 3.8) is 0 Å². The van der Waals surface area contributed by atoms with Gasteiger partial charge < -0.3 is 24.7 Å². The van der Waals surface area contributed by atoms with E-state index < -0.39 is 12.0 Å². The largest absolute Gasteiger partial charge is 0.465 e. The highest BCUT2D eigenvalue weighted by Gasteiger charge is 2.18. The molecule has 0 fully saturated rings. The molecule has 2 aromatic rings. The minimum Gasteiger partial charge on any atom is -0.465 e. The summed E-state index contributed by atoms with van der Waals surface area (Å²) < 4.78 is 10.1. The van der Waals surface area contributed by atoms with E-state index in [-0.39, 0.29) is 19.0 Å². The highest BCUT2D eigenvalue weighted by molar-refractivity contribution is 5.92. The van der Waals surface area contributed by atoms with Crippen molar-refractivity contribution in [1.82, 2.24) is 10.2 Å². The van der Waals surface area contributed by atoms with Crippen LogP contribution in [0.5, 0.6) is 0 Å². The van der Waals surface area contributed by atoms with Gasteiger partial charge >= 0.3 is 12.0 Å². The Kier molecular flexibility index (Phi) is 6.59. The van der Waals surface area contributed by atoms with E-state index in [0.717, 1.165) is 5.56 Å². The third kappa shape index (κ3) is 5.60. The first-order chi connectivity index (χ1) is 12.8. The molecule has 0 bridgehead atoms. The number of carbonyl (C=O) groups is 3. The van der Waals surface area contributed by atoms with E-state index in [2.05, 4.69) is 15.4 Å². The Labute approximate surface area is 157 Å². The van der Waals surface area contributed by atoms with Crippen LogP contribution in [0.2, 0.25) is 0 Å². The standard InChI is InChI=1S/C19H23N3O5/c1-12-6-5-7-14(8-12)21-19(25)20-10-17(23)22(3)11-15-9-16(13(2)27-15)18(24)26-4/h5-9H,10-11H2,1-4H3,(H2,20,21,25). The molecule has 0 unspecified atom stereocenters. The molecule has 27 heavy (non-hydrogen) atoms. The lowest BCUT2D eigenvalue weighted by atomic mass is 10.2. The maximum atomic E-state index is 12.2. The zero-order chi connectivity index (χ0) is 20.0. The minimum atomic E-state index is -0.494. The van der Waals surface area contributed by atoms with Crippen LogP contribution >= 0.6 is 0 Å². The average molecular weight is 373 g/mol. The fraction of sp³-hybridized carbons (Fsp3) is 0.316. The van der Waals surface area contributed by atoms with Gasteiger partial charge in [0.2, 0.25) is 5.91 Å². The highest BCUT2D eigenvalue weighted by atomic mass is 16.5. The normalized spacial score (nSPS) is 10.2. The quantitative estimate of drug-likeness (QED) is 0.758. The Hall–Kier alpha value is -3.29. The molecule has 3 amide bonds. The number of hydrogen-bond acceptors (Lipinski definition) is 5. The summed E-state index contributed by atoms with van der Waals surface area (Å²) in [4.78, 5) is 37.1. The molecule has 1 aromatic heterocycles. The molecule has 2 rings (SSSR count). The number of amides is 3. The van der Waals surface area contributed by atoms with E-state index in [1.54, 1.807) is 26.1 Å². The summed E-state index contributed by atoms with van der Waals surface area (Å²) in [5.41, 5.74) is 1.99. The van der Waals surface area contributed by atoms with Gasteiger partial charge in [-0.15, -0.1) is 0 Å². The van der Waals surface area contributed by atoms with Crippen LogP contribution in [0.25, 0.3) is 0 Å². The molecule has 0 atom stereocenters. The molecule has 2 N–H and O–H groups in total. The Morgan fingerprint density at radius 2 is 1.93 bits per heavy atom. The molecule has 0 saturated carbocycles. The smallest absolute Gasteiger partial charge is 0.341 e.